The Balaban J connectivity index is 1.77. The third-order valence-corrected chi connectivity index (χ3v) is 4.76. The maximum absolute atomic E-state index is 12.6. The molecule has 2 aromatic carbocycles. The van der Waals surface area contributed by atoms with Gasteiger partial charge in [0.1, 0.15) is 6.04 Å². The van der Waals surface area contributed by atoms with Crippen molar-refractivity contribution in [2.75, 3.05) is 6.54 Å². The van der Waals surface area contributed by atoms with Crippen molar-refractivity contribution < 1.29 is 24.2 Å². The quantitative estimate of drug-likeness (QED) is 0.161. The molecule has 3 aromatic rings. The maximum Gasteiger partial charge on any atom is 0.338 e. The fraction of sp³-hybridized carbons (Fsp3) is 0.227. The Labute approximate surface area is 184 Å². The molecule has 0 spiro atoms. The molecule has 1 heterocycles. The molecule has 10 heteroatoms. The summed E-state index contributed by atoms with van der Waals surface area (Å²) < 4.78 is 5.17. The number of amides is 1. The molecule has 0 fully saturated rings. The number of carbonyl (C=O) groups excluding carboxylic acids is 1. The van der Waals surface area contributed by atoms with E-state index in [1.807, 2.05) is 60.7 Å². The van der Waals surface area contributed by atoms with Crippen LogP contribution in [0, 0.1) is 0 Å². The number of rotatable bonds is 10. The molecule has 0 radical (unpaired) electrons. The first-order valence-corrected chi connectivity index (χ1v) is 10.0. The zero-order valence-electron chi connectivity index (χ0n) is 17.3. The molecule has 0 unspecified atom stereocenters. The number of aromatic nitrogens is 2. The number of carboxylic acids is 1. The molecule has 3 rings (SSSR count). The first kappa shape index (κ1) is 22.5. The standard InChI is InChI=1S/C22H24N6O4/c23-22(24)25-13-7-12-16(21(30)31)26-19(29)20-27-18(28-32-20)17(14-8-3-1-4-9-14)15-10-5-2-6-11-15/h1-6,8-11,16-17H,7,12-13H2,(H,26,29)(H,30,31)(H4,23,24,25)/p+1/t16-/m0/s1. The van der Waals surface area contributed by atoms with E-state index in [0.29, 0.717) is 18.8 Å². The number of aliphatic carboxylic acids is 1. The molecular formula is C22H25N6O4+. The van der Waals surface area contributed by atoms with E-state index in [0.717, 1.165) is 11.1 Å². The lowest BCUT2D eigenvalue weighted by atomic mass is 9.91. The number of guanidine groups is 1. The van der Waals surface area contributed by atoms with Crippen molar-refractivity contribution in [1.82, 2.24) is 15.5 Å². The van der Waals surface area contributed by atoms with E-state index in [1.54, 1.807) is 0 Å². The molecular weight excluding hydrogens is 412 g/mol. The highest BCUT2D eigenvalue weighted by Crippen LogP contribution is 2.29. The molecule has 7 N–H and O–H groups in total. The molecule has 0 bridgehead atoms. The zero-order valence-corrected chi connectivity index (χ0v) is 17.3. The van der Waals surface area contributed by atoms with Crippen LogP contribution in [0.5, 0.6) is 0 Å². The van der Waals surface area contributed by atoms with Crippen LogP contribution >= 0.6 is 0 Å². The molecule has 0 aliphatic heterocycles. The lowest BCUT2D eigenvalue weighted by Crippen LogP contribution is -2.78. The number of nitrogens with two attached hydrogens (primary N) is 2. The Morgan fingerprint density at radius 1 is 1.03 bits per heavy atom. The molecule has 0 aliphatic rings. The molecule has 1 amide bonds. The van der Waals surface area contributed by atoms with Gasteiger partial charge in [0.2, 0.25) is 0 Å². The molecule has 1 atom stereocenters. The zero-order chi connectivity index (χ0) is 22.9. The second-order valence-corrected chi connectivity index (χ2v) is 7.10. The maximum atomic E-state index is 12.6. The van der Waals surface area contributed by atoms with Crippen LogP contribution in [0.4, 0.5) is 0 Å². The smallest absolute Gasteiger partial charge is 0.338 e. The van der Waals surface area contributed by atoms with Crippen molar-refractivity contribution in [3.8, 4) is 0 Å². The van der Waals surface area contributed by atoms with Crippen molar-refractivity contribution >= 4 is 17.8 Å². The molecule has 1 aromatic heterocycles. The van der Waals surface area contributed by atoms with Crippen LogP contribution in [-0.4, -0.2) is 45.7 Å². The van der Waals surface area contributed by atoms with E-state index in [-0.39, 0.29) is 24.2 Å². The highest BCUT2D eigenvalue weighted by Gasteiger charge is 2.27. The molecule has 0 saturated heterocycles. The van der Waals surface area contributed by atoms with Crippen LogP contribution in [0.2, 0.25) is 0 Å². The van der Waals surface area contributed by atoms with Crippen LogP contribution in [0.3, 0.4) is 0 Å². The van der Waals surface area contributed by atoms with Gasteiger partial charge in [-0.25, -0.2) is 4.79 Å². The second kappa shape index (κ2) is 10.7. The second-order valence-electron chi connectivity index (χ2n) is 7.10. The van der Waals surface area contributed by atoms with Gasteiger partial charge >= 0.3 is 23.7 Å². The highest BCUT2D eigenvalue weighted by atomic mass is 16.5. The summed E-state index contributed by atoms with van der Waals surface area (Å²) in [4.78, 5) is 31.1. The summed E-state index contributed by atoms with van der Waals surface area (Å²) in [6.45, 7) is 0.378. The van der Waals surface area contributed by atoms with Crippen LogP contribution in [0.1, 0.15) is 46.4 Å². The lowest BCUT2D eigenvalue weighted by molar-refractivity contribution is -0.459. The van der Waals surface area contributed by atoms with E-state index in [2.05, 4.69) is 20.4 Å². The molecule has 0 aliphatic carbocycles. The largest absolute Gasteiger partial charge is 0.480 e. The van der Waals surface area contributed by atoms with Gasteiger partial charge in [0.25, 0.3) is 0 Å². The third-order valence-electron chi connectivity index (χ3n) is 4.76. The Hall–Kier alpha value is -4.21. The first-order valence-electron chi connectivity index (χ1n) is 10.0. The van der Waals surface area contributed by atoms with E-state index in [4.69, 9.17) is 16.0 Å². The number of benzene rings is 2. The Morgan fingerprint density at radius 2 is 1.62 bits per heavy atom. The Kier molecular flexibility index (Phi) is 7.52. The van der Waals surface area contributed by atoms with Crippen molar-refractivity contribution in [2.24, 2.45) is 11.5 Å². The first-order chi connectivity index (χ1) is 15.5. The molecule has 32 heavy (non-hydrogen) atoms. The topological polar surface area (TPSA) is 171 Å². The minimum Gasteiger partial charge on any atom is -0.480 e. The van der Waals surface area contributed by atoms with E-state index >= 15 is 0 Å². The van der Waals surface area contributed by atoms with Crippen molar-refractivity contribution in [1.29, 1.82) is 0 Å². The van der Waals surface area contributed by atoms with E-state index in [9.17, 15) is 14.7 Å². The van der Waals surface area contributed by atoms with Crippen LogP contribution in [0.25, 0.3) is 0 Å². The molecule has 10 nitrogen and oxygen atoms in total. The average molecular weight is 437 g/mol. The monoisotopic (exact) mass is 437 g/mol. The van der Waals surface area contributed by atoms with Gasteiger partial charge in [-0.15, -0.1) is 0 Å². The summed E-state index contributed by atoms with van der Waals surface area (Å²) in [5, 5.41) is 15.8. The van der Waals surface area contributed by atoms with Crippen molar-refractivity contribution in [2.45, 2.75) is 24.8 Å². The average Bonchev–Trinajstić information content (AvgIpc) is 3.27. The number of carboxylic acid groups (broad SMARTS) is 1. The van der Waals surface area contributed by atoms with Gasteiger partial charge in [-0.1, -0.05) is 65.8 Å². The summed E-state index contributed by atoms with van der Waals surface area (Å²) in [5.41, 5.74) is 12.5. The predicted molar refractivity (Wildman–Crippen MR) is 115 cm³/mol. The predicted octanol–water partition coefficient (Wildman–Crippen LogP) is -0.433. The minimum atomic E-state index is -1.17. The summed E-state index contributed by atoms with van der Waals surface area (Å²) in [5.74, 6) is -2.23. The lowest BCUT2D eigenvalue weighted by Gasteiger charge is -2.14. The summed E-state index contributed by atoms with van der Waals surface area (Å²) in [6, 6.07) is 18.1. The van der Waals surface area contributed by atoms with Gasteiger partial charge in [-0.2, -0.15) is 4.98 Å². The van der Waals surface area contributed by atoms with E-state index < -0.39 is 17.9 Å². The highest BCUT2D eigenvalue weighted by molar-refractivity contribution is 5.92. The number of nitrogens with one attached hydrogen (secondary N) is 2. The fourth-order valence-electron chi connectivity index (χ4n) is 3.24. The Morgan fingerprint density at radius 3 is 2.16 bits per heavy atom. The normalized spacial score (nSPS) is 11.7. The summed E-state index contributed by atoms with van der Waals surface area (Å²) in [7, 11) is 0. The number of hydrogen-bond acceptors (Lipinski definition) is 5. The van der Waals surface area contributed by atoms with Crippen molar-refractivity contribution in [3.63, 3.8) is 0 Å². The van der Waals surface area contributed by atoms with Gasteiger partial charge in [0.05, 0.1) is 12.5 Å². The van der Waals surface area contributed by atoms with E-state index in [1.165, 1.54) is 0 Å². The van der Waals surface area contributed by atoms with Gasteiger partial charge in [-0.05, 0) is 24.0 Å². The van der Waals surface area contributed by atoms with Gasteiger partial charge < -0.3 is 14.9 Å². The third kappa shape index (κ3) is 5.91. The Bertz CT molecular complexity index is 1020. The number of carbonyl (C=O) groups is 2. The summed E-state index contributed by atoms with van der Waals surface area (Å²) >= 11 is 0. The fourth-order valence-corrected chi connectivity index (χ4v) is 3.24. The molecule has 0 saturated carbocycles. The SMILES string of the molecule is NC(N)=[NH+]CCC[C@H](NC(=O)c1nc(C(c2ccccc2)c2ccccc2)no1)C(=O)O. The summed E-state index contributed by atoms with van der Waals surface area (Å²) in [6.07, 6.45) is 0.591. The van der Waals surface area contributed by atoms with Gasteiger partial charge in [0.15, 0.2) is 5.82 Å². The minimum absolute atomic E-state index is 0.0469. The van der Waals surface area contributed by atoms with Gasteiger partial charge in [-0.3, -0.25) is 21.3 Å². The van der Waals surface area contributed by atoms with Crippen LogP contribution in [0.15, 0.2) is 65.2 Å². The molecule has 166 valence electrons. The number of nitrogens with zero attached hydrogens (tertiary/aromatic N) is 2. The van der Waals surface area contributed by atoms with Crippen molar-refractivity contribution in [3.05, 3.63) is 83.5 Å². The number of hydrogen-bond donors (Lipinski definition) is 5. The van der Waals surface area contributed by atoms with Gasteiger partial charge in [0, 0.05) is 0 Å². The van der Waals surface area contributed by atoms with Crippen LogP contribution < -0.4 is 21.8 Å². The van der Waals surface area contributed by atoms with Crippen LogP contribution in [-0.2, 0) is 4.79 Å².